The maximum Gasteiger partial charge on any atom is 0.162 e. The molecule has 0 fully saturated rings. The van der Waals surface area contributed by atoms with E-state index in [0.717, 1.165) is 33.6 Å². The Morgan fingerprint density at radius 1 is 1.11 bits per heavy atom. The first-order valence-electron chi connectivity index (χ1n) is 8.94. The molecule has 0 saturated heterocycles. The van der Waals surface area contributed by atoms with Crippen molar-refractivity contribution in [1.82, 2.24) is 15.0 Å². The molecule has 0 aliphatic heterocycles. The summed E-state index contributed by atoms with van der Waals surface area (Å²) in [5.74, 6) is 4.08. The SMILES string of the molecule is C#Cc1csc2c(NC[C@@H](N)Cc3ccccc3)nc(-c3ccncc3)nc12. The summed E-state index contributed by atoms with van der Waals surface area (Å²) in [4.78, 5) is 13.5. The van der Waals surface area contributed by atoms with Crippen molar-refractivity contribution in [3.63, 3.8) is 0 Å². The molecule has 6 heteroatoms. The van der Waals surface area contributed by atoms with Crippen molar-refractivity contribution in [2.75, 3.05) is 11.9 Å². The van der Waals surface area contributed by atoms with Crippen LogP contribution in [0.25, 0.3) is 21.6 Å². The van der Waals surface area contributed by atoms with Crippen LogP contribution in [0, 0.1) is 12.3 Å². The minimum Gasteiger partial charge on any atom is -0.367 e. The number of hydrogen-bond donors (Lipinski definition) is 2. The topological polar surface area (TPSA) is 76.7 Å². The number of nitrogens with two attached hydrogens (primary N) is 1. The van der Waals surface area contributed by atoms with E-state index >= 15 is 0 Å². The summed E-state index contributed by atoms with van der Waals surface area (Å²) in [5.41, 5.74) is 10.0. The Bertz CT molecular complexity index is 1120. The lowest BCUT2D eigenvalue weighted by Gasteiger charge is -2.14. The first-order valence-corrected chi connectivity index (χ1v) is 9.82. The van der Waals surface area contributed by atoms with Gasteiger partial charge in [0.1, 0.15) is 11.3 Å². The van der Waals surface area contributed by atoms with Gasteiger partial charge in [0.2, 0.25) is 0 Å². The third kappa shape index (κ3) is 3.86. The zero-order valence-electron chi connectivity index (χ0n) is 15.2. The number of terminal acetylenes is 1. The number of pyridine rings is 1. The lowest BCUT2D eigenvalue weighted by Crippen LogP contribution is -2.31. The van der Waals surface area contributed by atoms with E-state index in [2.05, 4.69) is 33.3 Å². The van der Waals surface area contributed by atoms with Crippen LogP contribution in [-0.4, -0.2) is 27.5 Å². The Morgan fingerprint density at radius 2 is 1.89 bits per heavy atom. The maximum absolute atomic E-state index is 6.34. The minimum absolute atomic E-state index is 0.0381. The number of aromatic nitrogens is 3. The molecule has 4 aromatic rings. The molecule has 0 radical (unpaired) electrons. The Morgan fingerprint density at radius 3 is 2.64 bits per heavy atom. The number of fused-ring (bicyclic) bond motifs is 1. The lowest BCUT2D eigenvalue weighted by atomic mass is 10.1. The van der Waals surface area contributed by atoms with Crippen LogP contribution >= 0.6 is 11.3 Å². The van der Waals surface area contributed by atoms with Crippen LogP contribution in [0.4, 0.5) is 5.82 Å². The normalized spacial score (nSPS) is 11.9. The number of rotatable bonds is 6. The largest absolute Gasteiger partial charge is 0.367 e. The molecule has 1 aromatic carbocycles. The molecule has 3 heterocycles. The van der Waals surface area contributed by atoms with Gasteiger partial charge in [-0.2, -0.15) is 0 Å². The van der Waals surface area contributed by atoms with Crippen LogP contribution in [-0.2, 0) is 6.42 Å². The van der Waals surface area contributed by atoms with Gasteiger partial charge < -0.3 is 11.1 Å². The molecular formula is C22H19N5S. The molecule has 3 aromatic heterocycles. The fraction of sp³-hybridized carbons (Fsp3) is 0.136. The predicted molar refractivity (Wildman–Crippen MR) is 115 cm³/mol. The molecule has 5 nitrogen and oxygen atoms in total. The maximum atomic E-state index is 6.34. The van der Waals surface area contributed by atoms with Gasteiger partial charge in [-0.3, -0.25) is 4.98 Å². The van der Waals surface area contributed by atoms with Gasteiger partial charge >= 0.3 is 0 Å². The van der Waals surface area contributed by atoms with E-state index in [1.807, 2.05) is 35.7 Å². The summed E-state index contributed by atoms with van der Waals surface area (Å²) >= 11 is 1.54. The molecule has 0 aliphatic carbocycles. The third-order valence-corrected chi connectivity index (χ3v) is 5.36. The number of thiophene rings is 1. The molecule has 0 amide bonds. The highest BCUT2D eigenvalue weighted by atomic mass is 32.1. The monoisotopic (exact) mass is 385 g/mol. The molecule has 0 saturated carbocycles. The quantitative estimate of drug-likeness (QED) is 0.495. The van der Waals surface area contributed by atoms with E-state index in [1.165, 1.54) is 5.56 Å². The number of nitrogens with zero attached hydrogens (tertiary/aromatic N) is 3. The highest BCUT2D eigenvalue weighted by Crippen LogP contribution is 2.31. The summed E-state index contributed by atoms with van der Waals surface area (Å²) in [6, 6.07) is 14.0. The van der Waals surface area contributed by atoms with Gasteiger partial charge in [0.15, 0.2) is 5.82 Å². The van der Waals surface area contributed by atoms with Gasteiger partial charge in [0.25, 0.3) is 0 Å². The van der Waals surface area contributed by atoms with Crippen molar-refractivity contribution in [1.29, 1.82) is 0 Å². The zero-order valence-corrected chi connectivity index (χ0v) is 16.0. The van der Waals surface area contributed by atoms with E-state index in [1.54, 1.807) is 23.7 Å². The van der Waals surface area contributed by atoms with E-state index < -0.39 is 0 Å². The molecule has 4 rings (SSSR count). The lowest BCUT2D eigenvalue weighted by molar-refractivity contribution is 0.698. The predicted octanol–water partition coefficient (Wildman–Crippen LogP) is 3.72. The Hall–Kier alpha value is -3.27. The van der Waals surface area contributed by atoms with Crippen LogP contribution in [0.5, 0.6) is 0 Å². The molecule has 3 N–H and O–H groups in total. The minimum atomic E-state index is -0.0381. The van der Waals surface area contributed by atoms with Crippen LogP contribution in [0.15, 0.2) is 60.2 Å². The van der Waals surface area contributed by atoms with Crippen molar-refractivity contribution in [3.8, 4) is 23.7 Å². The van der Waals surface area contributed by atoms with Crippen LogP contribution in [0.2, 0.25) is 0 Å². The summed E-state index contributed by atoms with van der Waals surface area (Å²) in [6.07, 6.45) is 9.89. The molecule has 0 unspecified atom stereocenters. The second kappa shape index (κ2) is 8.17. The average Bonchev–Trinajstić information content (AvgIpc) is 3.16. The van der Waals surface area contributed by atoms with E-state index in [-0.39, 0.29) is 6.04 Å². The van der Waals surface area contributed by atoms with Crippen molar-refractivity contribution >= 4 is 27.4 Å². The second-order valence-corrected chi connectivity index (χ2v) is 7.31. The first kappa shape index (κ1) is 18.1. The van der Waals surface area contributed by atoms with Crippen molar-refractivity contribution in [2.45, 2.75) is 12.5 Å². The van der Waals surface area contributed by atoms with E-state index in [0.29, 0.717) is 12.4 Å². The Kier molecular flexibility index (Phi) is 5.29. The number of anilines is 1. The molecule has 0 bridgehead atoms. The first-order chi connectivity index (χ1) is 13.7. The van der Waals surface area contributed by atoms with E-state index in [9.17, 15) is 0 Å². The highest BCUT2D eigenvalue weighted by Gasteiger charge is 2.15. The van der Waals surface area contributed by atoms with Crippen LogP contribution in [0.3, 0.4) is 0 Å². The average molecular weight is 385 g/mol. The van der Waals surface area contributed by atoms with Crippen molar-refractivity contribution < 1.29 is 0 Å². The summed E-state index contributed by atoms with van der Waals surface area (Å²) in [7, 11) is 0. The summed E-state index contributed by atoms with van der Waals surface area (Å²) in [5, 5.41) is 5.34. The molecule has 0 spiro atoms. The van der Waals surface area contributed by atoms with E-state index in [4.69, 9.17) is 17.1 Å². The van der Waals surface area contributed by atoms with Gasteiger partial charge in [0, 0.05) is 35.9 Å². The Balaban J connectivity index is 1.62. The Labute approximate surface area is 167 Å². The van der Waals surface area contributed by atoms with Gasteiger partial charge in [-0.05, 0) is 24.1 Å². The van der Waals surface area contributed by atoms with Crippen molar-refractivity contribution in [3.05, 3.63) is 71.4 Å². The number of benzene rings is 1. The van der Waals surface area contributed by atoms with Gasteiger partial charge in [0.05, 0.1) is 10.3 Å². The zero-order chi connectivity index (χ0) is 19.3. The summed E-state index contributed by atoms with van der Waals surface area (Å²) < 4.78 is 0.942. The fourth-order valence-corrected chi connectivity index (χ4v) is 3.90. The van der Waals surface area contributed by atoms with Gasteiger partial charge in [-0.15, -0.1) is 17.8 Å². The molecule has 138 valence electrons. The van der Waals surface area contributed by atoms with Crippen LogP contribution in [0.1, 0.15) is 11.1 Å². The van der Waals surface area contributed by atoms with Crippen molar-refractivity contribution in [2.24, 2.45) is 5.73 Å². The summed E-state index contributed by atoms with van der Waals surface area (Å²) in [6.45, 7) is 0.597. The third-order valence-electron chi connectivity index (χ3n) is 4.38. The fourth-order valence-electron chi connectivity index (χ4n) is 2.99. The molecule has 28 heavy (non-hydrogen) atoms. The number of nitrogens with one attached hydrogen (secondary N) is 1. The number of hydrogen-bond acceptors (Lipinski definition) is 6. The second-order valence-electron chi connectivity index (χ2n) is 6.43. The van der Waals surface area contributed by atoms with Crippen LogP contribution < -0.4 is 11.1 Å². The smallest absolute Gasteiger partial charge is 0.162 e. The standard InChI is InChI=1S/C22H19N5S/c1-2-16-14-28-20-19(16)26-21(17-8-10-24-11-9-17)27-22(20)25-13-18(23)12-15-6-4-3-5-7-15/h1,3-11,14,18H,12-13,23H2,(H,25,26,27)/t18-/m0/s1. The highest BCUT2D eigenvalue weighted by molar-refractivity contribution is 7.18. The molecule has 1 atom stereocenters. The molecular weight excluding hydrogens is 366 g/mol. The van der Waals surface area contributed by atoms with Gasteiger partial charge in [-0.1, -0.05) is 36.3 Å². The molecule has 0 aliphatic rings. The van der Waals surface area contributed by atoms with Gasteiger partial charge in [-0.25, -0.2) is 9.97 Å².